The van der Waals surface area contributed by atoms with E-state index >= 15 is 0 Å². The summed E-state index contributed by atoms with van der Waals surface area (Å²) >= 11 is 1.25. The molecule has 1 aliphatic heterocycles. The topological polar surface area (TPSA) is 104 Å². The number of aryl methyl sites for hydroxylation is 1. The van der Waals surface area contributed by atoms with Crippen LogP contribution in [0.15, 0.2) is 24.4 Å². The molecule has 1 aliphatic carbocycles. The van der Waals surface area contributed by atoms with Crippen LogP contribution in [0.4, 0.5) is 18.9 Å². The number of likely N-dealkylation sites (tertiary alicyclic amines) is 1. The summed E-state index contributed by atoms with van der Waals surface area (Å²) in [4.78, 5) is 47.9. The Kier molecular flexibility index (Phi) is 5.87. The lowest BCUT2D eigenvalue weighted by Crippen LogP contribution is -2.35. The number of amides is 3. The van der Waals surface area contributed by atoms with Crippen molar-refractivity contribution in [2.45, 2.75) is 33.5 Å². The van der Waals surface area contributed by atoms with Gasteiger partial charge in [-0.1, -0.05) is 13.8 Å². The molecule has 3 amide bonds. The van der Waals surface area contributed by atoms with Gasteiger partial charge in [0.15, 0.2) is 0 Å². The van der Waals surface area contributed by atoms with E-state index in [1.807, 2.05) is 13.8 Å². The summed E-state index contributed by atoms with van der Waals surface area (Å²) in [6.45, 7) is 5.26. The number of piperidine rings is 1. The Labute approximate surface area is 214 Å². The standard InChI is InChI=1S/C25H24F3N5O3S/c1-11-20(32-17(34)9-29-4)14(8-16(31-11)25(26,27)28)13-5-6-30-15-7-12(37-21(13)15)10-33-22(35)18-19(23(33)36)24(18,2)3/h5-8,18-19,29H,9-10H2,1-4H3,(H,32,34). The zero-order valence-corrected chi connectivity index (χ0v) is 21.3. The summed E-state index contributed by atoms with van der Waals surface area (Å²) in [5.41, 5.74) is -0.111. The molecule has 3 aromatic rings. The number of anilines is 1. The zero-order chi connectivity index (χ0) is 26.9. The number of hydrogen-bond donors (Lipinski definition) is 2. The van der Waals surface area contributed by atoms with E-state index in [1.54, 1.807) is 19.2 Å². The van der Waals surface area contributed by atoms with Gasteiger partial charge in [-0.2, -0.15) is 13.2 Å². The van der Waals surface area contributed by atoms with Gasteiger partial charge in [-0.3, -0.25) is 24.3 Å². The van der Waals surface area contributed by atoms with Crippen LogP contribution in [-0.2, 0) is 27.1 Å². The molecule has 2 fully saturated rings. The first-order valence-corrected chi connectivity index (χ1v) is 12.4. The number of fused-ring (bicyclic) bond motifs is 2. The highest BCUT2D eigenvalue weighted by Crippen LogP contribution is 2.63. The van der Waals surface area contributed by atoms with E-state index in [0.717, 1.165) is 6.07 Å². The van der Waals surface area contributed by atoms with Crippen LogP contribution in [0.25, 0.3) is 21.3 Å². The summed E-state index contributed by atoms with van der Waals surface area (Å²) < 4.78 is 41.5. The summed E-state index contributed by atoms with van der Waals surface area (Å²) in [6, 6.07) is 4.23. The third-order valence-corrected chi connectivity index (χ3v) is 8.19. The number of thiophene rings is 1. The lowest BCUT2D eigenvalue weighted by molar-refractivity contribution is -0.144. The minimum atomic E-state index is -4.69. The second kappa shape index (κ2) is 8.59. The molecule has 194 valence electrons. The van der Waals surface area contributed by atoms with Crippen LogP contribution in [0.1, 0.15) is 30.1 Å². The molecule has 5 rings (SSSR count). The fourth-order valence-electron chi connectivity index (χ4n) is 5.13. The molecule has 8 nitrogen and oxygen atoms in total. The van der Waals surface area contributed by atoms with Crippen molar-refractivity contribution in [2.75, 3.05) is 18.9 Å². The molecule has 3 aromatic heterocycles. The number of aromatic nitrogens is 2. The molecule has 37 heavy (non-hydrogen) atoms. The van der Waals surface area contributed by atoms with E-state index < -0.39 is 17.8 Å². The second-order valence-corrected chi connectivity index (χ2v) is 11.1. The number of halogens is 3. The summed E-state index contributed by atoms with van der Waals surface area (Å²) in [5, 5.41) is 5.38. The highest BCUT2D eigenvalue weighted by atomic mass is 32.1. The number of nitrogens with one attached hydrogen (secondary N) is 2. The highest BCUT2D eigenvalue weighted by molar-refractivity contribution is 7.19. The van der Waals surface area contributed by atoms with Crippen LogP contribution < -0.4 is 10.6 Å². The van der Waals surface area contributed by atoms with Crippen molar-refractivity contribution in [1.82, 2.24) is 20.2 Å². The Balaban J connectivity index is 1.56. The number of carbonyl (C=O) groups excluding carboxylic acids is 3. The van der Waals surface area contributed by atoms with Gasteiger partial charge >= 0.3 is 6.18 Å². The normalized spacial score (nSPS) is 20.5. The molecule has 0 radical (unpaired) electrons. The number of alkyl halides is 3. The maximum absolute atomic E-state index is 13.6. The molecule has 0 aromatic carbocycles. The van der Waals surface area contributed by atoms with E-state index in [0.29, 0.717) is 20.7 Å². The third-order valence-electron chi connectivity index (χ3n) is 7.05. The quantitative estimate of drug-likeness (QED) is 0.467. The largest absolute Gasteiger partial charge is 0.433 e. The fourth-order valence-corrected chi connectivity index (χ4v) is 6.26. The number of hydrogen-bond acceptors (Lipinski definition) is 7. The van der Waals surface area contributed by atoms with Crippen LogP contribution in [0.2, 0.25) is 0 Å². The minimum absolute atomic E-state index is 0.0196. The lowest BCUT2D eigenvalue weighted by atomic mass is 10.0. The van der Waals surface area contributed by atoms with Crippen molar-refractivity contribution in [3.8, 4) is 11.1 Å². The van der Waals surface area contributed by atoms with Crippen molar-refractivity contribution in [2.24, 2.45) is 17.3 Å². The Bertz CT molecular complexity index is 1440. The van der Waals surface area contributed by atoms with Gasteiger partial charge in [0.2, 0.25) is 17.7 Å². The maximum atomic E-state index is 13.6. The summed E-state index contributed by atoms with van der Waals surface area (Å²) in [5.74, 6) is -1.42. The second-order valence-electron chi connectivity index (χ2n) is 9.92. The van der Waals surface area contributed by atoms with Crippen molar-refractivity contribution >= 4 is 45.0 Å². The average molecular weight is 532 g/mol. The first-order valence-electron chi connectivity index (χ1n) is 11.6. The van der Waals surface area contributed by atoms with E-state index in [2.05, 4.69) is 20.6 Å². The Morgan fingerprint density at radius 1 is 1.16 bits per heavy atom. The summed E-state index contributed by atoms with van der Waals surface area (Å²) in [6.07, 6.45) is -3.22. The molecule has 12 heteroatoms. The van der Waals surface area contributed by atoms with Crippen molar-refractivity contribution in [3.63, 3.8) is 0 Å². The molecule has 0 bridgehead atoms. The van der Waals surface area contributed by atoms with Gasteiger partial charge in [-0.05, 0) is 37.6 Å². The van der Waals surface area contributed by atoms with E-state index in [9.17, 15) is 27.6 Å². The SMILES string of the molecule is CNCC(=O)Nc1c(-c2ccnc3cc(CN4C(=O)C5C(C4=O)C5(C)C)sc23)cc(C(F)(F)F)nc1C. The van der Waals surface area contributed by atoms with Crippen LogP contribution in [0.3, 0.4) is 0 Å². The number of rotatable bonds is 6. The molecule has 2 aliphatic rings. The molecule has 4 heterocycles. The van der Waals surface area contributed by atoms with E-state index in [-0.39, 0.29) is 59.1 Å². The van der Waals surface area contributed by atoms with Gasteiger partial charge in [0.05, 0.1) is 46.5 Å². The first kappa shape index (κ1) is 25.3. The third kappa shape index (κ3) is 4.17. The molecular formula is C25H24F3N5O3S. The zero-order valence-electron chi connectivity index (χ0n) is 20.5. The number of carbonyl (C=O) groups is 3. The van der Waals surface area contributed by atoms with E-state index in [1.165, 1.54) is 29.4 Å². The van der Waals surface area contributed by atoms with Gasteiger partial charge in [0.1, 0.15) is 5.69 Å². The van der Waals surface area contributed by atoms with Gasteiger partial charge < -0.3 is 10.6 Å². The van der Waals surface area contributed by atoms with Gasteiger partial charge in [0, 0.05) is 22.2 Å². The number of pyridine rings is 2. The average Bonchev–Trinajstić information content (AvgIpc) is 3.06. The maximum Gasteiger partial charge on any atom is 0.433 e. The number of nitrogens with zero attached hydrogens (tertiary/aromatic N) is 3. The Hall–Kier alpha value is -3.38. The van der Waals surface area contributed by atoms with Gasteiger partial charge in [-0.15, -0.1) is 11.3 Å². The fraction of sp³-hybridized carbons (Fsp3) is 0.400. The predicted molar refractivity (Wildman–Crippen MR) is 131 cm³/mol. The smallest absolute Gasteiger partial charge is 0.323 e. The molecular weight excluding hydrogens is 507 g/mol. The highest BCUT2D eigenvalue weighted by Gasteiger charge is 2.72. The molecule has 2 unspecified atom stereocenters. The first-order chi connectivity index (χ1) is 17.3. The Morgan fingerprint density at radius 3 is 2.46 bits per heavy atom. The van der Waals surface area contributed by atoms with Crippen LogP contribution in [0.5, 0.6) is 0 Å². The van der Waals surface area contributed by atoms with Crippen molar-refractivity contribution in [1.29, 1.82) is 0 Å². The van der Waals surface area contributed by atoms with Gasteiger partial charge in [0.25, 0.3) is 0 Å². The lowest BCUT2D eigenvalue weighted by Gasteiger charge is -2.19. The number of imide groups is 1. The van der Waals surface area contributed by atoms with Gasteiger partial charge in [-0.25, -0.2) is 4.98 Å². The molecule has 1 saturated carbocycles. The van der Waals surface area contributed by atoms with E-state index in [4.69, 9.17) is 0 Å². The summed E-state index contributed by atoms with van der Waals surface area (Å²) in [7, 11) is 1.58. The molecule has 2 atom stereocenters. The predicted octanol–water partition coefficient (Wildman–Crippen LogP) is 3.98. The Morgan fingerprint density at radius 2 is 1.84 bits per heavy atom. The van der Waals surface area contributed by atoms with Crippen molar-refractivity contribution < 1.29 is 27.6 Å². The molecule has 1 saturated heterocycles. The van der Waals surface area contributed by atoms with Crippen LogP contribution in [0, 0.1) is 24.2 Å². The van der Waals surface area contributed by atoms with Crippen LogP contribution >= 0.6 is 11.3 Å². The number of likely N-dealkylation sites (N-methyl/N-ethyl adjacent to an activating group) is 1. The minimum Gasteiger partial charge on any atom is -0.323 e. The van der Waals surface area contributed by atoms with Crippen molar-refractivity contribution in [3.05, 3.63) is 40.7 Å². The molecule has 0 spiro atoms. The molecule has 2 N–H and O–H groups in total. The van der Waals surface area contributed by atoms with Crippen LogP contribution in [-0.4, -0.2) is 46.2 Å². The monoisotopic (exact) mass is 531 g/mol.